The summed E-state index contributed by atoms with van der Waals surface area (Å²) in [5, 5.41) is 2.95. The van der Waals surface area contributed by atoms with Crippen LogP contribution in [-0.4, -0.2) is 20.1 Å². The Bertz CT molecular complexity index is 337. The molecule has 1 aromatic rings. The number of carbonyl (C=O) groups is 1. The number of hydrogen-bond acceptors (Lipinski definition) is 4. The van der Waals surface area contributed by atoms with Crippen molar-refractivity contribution >= 4 is 17.3 Å². The van der Waals surface area contributed by atoms with Crippen molar-refractivity contribution in [3.05, 3.63) is 23.8 Å². The highest BCUT2D eigenvalue weighted by Crippen LogP contribution is 2.19. The van der Waals surface area contributed by atoms with Crippen LogP contribution >= 0.6 is 0 Å². The van der Waals surface area contributed by atoms with E-state index in [1.165, 1.54) is 7.11 Å². The smallest absolute Gasteiger partial charge is 0.309 e. The second-order valence-electron chi connectivity index (χ2n) is 2.92. The van der Waals surface area contributed by atoms with Gasteiger partial charge in [-0.25, -0.2) is 0 Å². The van der Waals surface area contributed by atoms with E-state index in [1.807, 2.05) is 12.1 Å². The van der Waals surface area contributed by atoms with E-state index < -0.39 is 0 Å². The van der Waals surface area contributed by atoms with Crippen LogP contribution in [0.5, 0.6) is 0 Å². The minimum Gasteiger partial charge on any atom is -0.469 e. The molecule has 76 valence electrons. The molecule has 1 rings (SSSR count). The fraction of sp³-hybridized carbons (Fsp3) is 0.300. The zero-order chi connectivity index (χ0) is 10.6. The molecule has 3 N–H and O–H groups in total. The predicted molar refractivity (Wildman–Crippen MR) is 56.1 cm³/mol. The number of anilines is 2. The minimum absolute atomic E-state index is 0.255. The van der Waals surface area contributed by atoms with Gasteiger partial charge in [-0.2, -0.15) is 0 Å². The molecule has 4 heteroatoms. The van der Waals surface area contributed by atoms with E-state index in [9.17, 15) is 4.79 Å². The van der Waals surface area contributed by atoms with Gasteiger partial charge in [0.05, 0.1) is 24.9 Å². The Labute approximate surface area is 83.1 Å². The van der Waals surface area contributed by atoms with Gasteiger partial charge in [-0.05, 0) is 17.7 Å². The zero-order valence-corrected chi connectivity index (χ0v) is 8.33. The number of ether oxygens (including phenoxy) is 1. The highest BCUT2D eigenvalue weighted by molar-refractivity contribution is 5.74. The van der Waals surface area contributed by atoms with Gasteiger partial charge in [0.1, 0.15) is 0 Å². The molecule has 0 atom stereocenters. The molecular formula is C10H14N2O2. The van der Waals surface area contributed by atoms with Crippen molar-refractivity contribution in [2.45, 2.75) is 6.42 Å². The molecule has 0 spiro atoms. The Hall–Kier alpha value is -1.71. The van der Waals surface area contributed by atoms with Crippen LogP contribution in [0.1, 0.15) is 5.56 Å². The van der Waals surface area contributed by atoms with Gasteiger partial charge in [-0.1, -0.05) is 6.07 Å². The van der Waals surface area contributed by atoms with Gasteiger partial charge in [-0.15, -0.1) is 0 Å². The van der Waals surface area contributed by atoms with Gasteiger partial charge in [0.2, 0.25) is 0 Å². The maximum atomic E-state index is 11.0. The van der Waals surface area contributed by atoms with E-state index >= 15 is 0 Å². The summed E-state index contributed by atoms with van der Waals surface area (Å²) >= 11 is 0. The number of methoxy groups -OCH3 is 1. The summed E-state index contributed by atoms with van der Waals surface area (Å²) in [5.41, 5.74) is 8.08. The second kappa shape index (κ2) is 4.50. The third-order valence-electron chi connectivity index (χ3n) is 1.96. The minimum atomic E-state index is -0.262. The molecule has 0 bridgehead atoms. The van der Waals surface area contributed by atoms with E-state index in [4.69, 9.17) is 5.73 Å². The number of carbonyl (C=O) groups excluding carboxylic acids is 1. The molecular weight excluding hydrogens is 180 g/mol. The molecule has 14 heavy (non-hydrogen) atoms. The second-order valence-corrected chi connectivity index (χ2v) is 2.92. The van der Waals surface area contributed by atoms with Crippen LogP contribution in [0.15, 0.2) is 18.2 Å². The largest absolute Gasteiger partial charge is 0.469 e. The van der Waals surface area contributed by atoms with Gasteiger partial charge < -0.3 is 15.8 Å². The van der Waals surface area contributed by atoms with Crippen molar-refractivity contribution < 1.29 is 9.53 Å². The van der Waals surface area contributed by atoms with Gasteiger partial charge in [0.25, 0.3) is 0 Å². The molecule has 0 amide bonds. The van der Waals surface area contributed by atoms with Crippen molar-refractivity contribution in [3.63, 3.8) is 0 Å². The Morgan fingerprint density at radius 2 is 2.29 bits per heavy atom. The lowest BCUT2D eigenvalue weighted by atomic mass is 10.1. The van der Waals surface area contributed by atoms with E-state index in [1.54, 1.807) is 13.1 Å². The van der Waals surface area contributed by atoms with Crippen LogP contribution in [0.25, 0.3) is 0 Å². The van der Waals surface area contributed by atoms with E-state index in [-0.39, 0.29) is 12.4 Å². The SMILES string of the molecule is CNc1ccc(CC(=O)OC)cc1N. The van der Waals surface area contributed by atoms with Crippen LogP contribution in [0.4, 0.5) is 11.4 Å². The van der Waals surface area contributed by atoms with Gasteiger partial charge in [0, 0.05) is 7.05 Å². The van der Waals surface area contributed by atoms with Crippen LogP contribution in [-0.2, 0) is 16.0 Å². The number of nitrogen functional groups attached to an aromatic ring is 1. The molecule has 0 saturated carbocycles. The number of benzene rings is 1. The summed E-state index contributed by atoms with van der Waals surface area (Å²) in [6.45, 7) is 0. The molecule has 0 aliphatic carbocycles. The summed E-state index contributed by atoms with van der Waals surface area (Å²) in [4.78, 5) is 11.0. The number of nitrogens with one attached hydrogen (secondary N) is 1. The molecule has 1 aromatic carbocycles. The highest BCUT2D eigenvalue weighted by atomic mass is 16.5. The number of nitrogens with two attached hydrogens (primary N) is 1. The van der Waals surface area contributed by atoms with E-state index in [2.05, 4.69) is 10.1 Å². The average molecular weight is 194 g/mol. The topological polar surface area (TPSA) is 64.3 Å². The molecule has 0 fully saturated rings. The Morgan fingerprint density at radius 3 is 2.79 bits per heavy atom. The first-order valence-corrected chi connectivity index (χ1v) is 4.30. The van der Waals surface area contributed by atoms with Gasteiger partial charge in [0.15, 0.2) is 0 Å². The van der Waals surface area contributed by atoms with Crippen molar-refractivity contribution in [3.8, 4) is 0 Å². The number of esters is 1. The fourth-order valence-corrected chi connectivity index (χ4v) is 1.19. The van der Waals surface area contributed by atoms with Gasteiger partial charge in [-0.3, -0.25) is 4.79 Å². The highest BCUT2D eigenvalue weighted by Gasteiger charge is 2.04. The molecule has 0 radical (unpaired) electrons. The normalized spacial score (nSPS) is 9.57. The van der Waals surface area contributed by atoms with E-state index in [0.717, 1.165) is 11.3 Å². The van der Waals surface area contributed by atoms with Crippen LogP contribution in [0.3, 0.4) is 0 Å². The van der Waals surface area contributed by atoms with Crippen molar-refractivity contribution in [2.75, 3.05) is 25.2 Å². The lowest BCUT2D eigenvalue weighted by Crippen LogP contribution is -2.05. The molecule has 0 aromatic heterocycles. The Balaban J connectivity index is 2.81. The van der Waals surface area contributed by atoms with Gasteiger partial charge >= 0.3 is 5.97 Å². The monoisotopic (exact) mass is 194 g/mol. The molecule has 4 nitrogen and oxygen atoms in total. The van der Waals surface area contributed by atoms with Crippen LogP contribution in [0.2, 0.25) is 0 Å². The molecule has 0 aliphatic heterocycles. The Morgan fingerprint density at radius 1 is 1.57 bits per heavy atom. The first-order chi connectivity index (χ1) is 6.67. The first kappa shape index (κ1) is 10.4. The number of rotatable bonds is 3. The fourth-order valence-electron chi connectivity index (χ4n) is 1.19. The predicted octanol–water partition coefficient (Wildman–Crippen LogP) is 1.03. The maximum absolute atomic E-state index is 11.0. The Kier molecular flexibility index (Phi) is 3.34. The average Bonchev–Trinajstić information content (AvgIpc) is 2.18. The molecule has 0 unspecified atom stereocenters. The molecule has 0 saturated heterocycles. The molecule has 0 heterocycles. The quantitative estimate of drug-likeness (QED) is 0.557. The van der Waals surface area contributed by atoms with E-state index in [0.29, 0.717) is 5.69 Å². The lowest BCUT2D eigenvalue weighted by molar-refractivity contribution is -0.139. The van der Waals surface area contributed by atoms with Crippen molar-refractivity contribution in [1.29, 1.82) is 0 Å². The first-order valence-electron chi connectivity index (χ1n) is 4.30. The molecule has 0 aliphatic rings. The van der Waals surface area contributed by atoms with Crippen LogP contribution in [0, 0.1) is 0 Å². The van der Waals surface area contributed by atoms with Crippen molar-refractivity contribution in [2.24, 2.45) is 0 Å². The lowest BCUT2D eigenvalue weighted by Gasteiger charge is -2.06. The van der Waals surface area contributed by atoms with Crippen LogP contribution < -0.4 is 11.1 Å². The van der Waals surface area contributed by atoms with Crippen molar-refractivity contribution in [1.82, 2.24) is 0 Å². The third-order valence-corrected chi connectivity index (χ3v) is 1.96. The summed E-state index contributed by atoms with van der Waals surface area (Å²) in [7, 11) is 3.17. The summed E-state index contributed by atoms with van der Waals surface area (Å²) < 4.78 is 4.56. The summed E-state index contributed by atoms with van der Waals surface area (Å²) in [6.07, 6.45) is 0.255. The maximum Gasteiger partial charge on any atom is 0.309 e. The summed E-state index contributed by atoms with van der Waals surface area (Å²) in [5.74, 6) is -0.262. The third kappa shape index (κ3) is 2.39. The zero-order valence-electron chi connectivity index (χ0n) is 8.33. The number of hydrogen-bond donors (Lipinski definition) is 2. The summed E-state index contributed by atoms with van der Waals surface area (Å²) in [6, 6.07) is 5.45. The standard InChI is InChI=1S/C10H14N2O2/c1-12-9-4-3-7(5-8(9)11)6-10(13)14-2/h3-5,12H,6,11H2,1-2H3.